The second-order valence-corrected chi connectivity index (χ2v) is 8.35. The van der Waals surface area contributed by atoms with E-state index >= 15 is 0 Å². The predicted molar refractivity (Wildman–Crippen MR) is 115 cm³/mol. The van der Waals surface area contributed by atoms with Gasteiger partial charge in [-0.15, -0.1) is 0 Å². The molecule has 3 N–H and O–H groups in total. The van der Waals surface area contributed by atoms with Gasteiger partial charge in [-0.1, -0.05) is 51.1 Å². The Balaban J connectivity index is 1.75. The molecule has 6 heteroatoms. The zero-order valence-electron chi connectivity index (χ0n) is 17.4. The smallest absolute Gasteiger partial charge is 0.222 e. The summed E-state index contributed by atoms with van der Waals surface area (Å²) in [7, 11) is 1.93. The Hall–Kier alpha value is -2.89. The largest absolute Gasteiger partial charge is 0.368 e. The number of rotatable bonds is 6. The number of nitrogens with zero attached hydrogens (tertiary/aromatic N) is 4. The highest BCUT2D eigenvalue weighted by Crippen LogP contribution is 2.27. The summed E-state index contributed by atoms with van der Waals surface area (Å²) < 4.78 is 1.85. The van der Waals surface area contributed by atoms with E-state index in [1.807, 2.05) is 23.9 Å². The maximum atomic E-state index is 5.99. The summed E-state index contributed by atoms with van der Waals surface area (Å²) in [5, 5.41) is 8.10. The molecule has 0 aliphatic heterocycles. The van der Waals surface area contributed by atoms with Crippen molar-refractivity contribution in [2.45, 2.75) is 52.0 Å². The molecule has 3 rings (SSSR count). The van der Waals surface area contributed by atoms with Gasteiger partial charge in [0.15, 0.2) is 0 Å². The van der Waals surface area contributed by atoms with E-state index in [4.69, 9.17) is 5.73 Å². The average Bonchev–Trinajstić information content (AvgIpc) is 3.02. The van der Waals surface area contributed by atoms with Gasteiger partial charge in [-0.3, -0.25) is 4.68 Å². The number of benzene rings is 1. The first-order valence-electron chi connectivity index (χ1n) is 9.72. The first kappa shape index (κ1) is 19.9. The maximum Gasteiger partial charge on any atom is 0.222 e. The molecule has 148 valence electrons. The fourth-order valence-electron chi connectivity index (χ4n) is 3.10. The van der Waals surface area contributed by atoms with Crippen molar-refractivity contribution in [3.63, 3.8) is 0 Å². The Kier molecular flexibility index (Phi) is 5.68. The van der Waals surface area contributed by atoms with E-state index in [2.05, 4.69) is 78.4 Å². The van der Waals surface area contributed by atoms with E-state index in [-0.39, 0.29) is 17.4 Å². The molecule has 0 saturated carbocycles. The SMILES string of the molecule is C[C@@H](CCc1ccccc1)Nc1cc(-c2cc(C(C)(C)C)nn2C)nc(N)n1. The lowest BCUT2D eigenvalue weighted by Gasteiger charge is -2.15. The van der Waals surface area contributed by atoms with Crippen LogP contribution < -0.4 is 11.1 Å². The third-order valence-corrected chi connectivity index (χ3v) is 4.76. The van der Waals surface area contributed by atoms with Crippen molar-refractivity contribution in [2.75, 3.05) is 11.1 Å². The number of anilines is 2. The molecular formula is C22H30N6. The molecule has 1 atom stereocenters. The van der Waals surface area contributed by atoms with E-state index < -0.39 is 0 Å². The van der Waals surface area contributed by atoms with Crippen LogP contribution in [0, 0.1) is 0 Å². The van der Waals surface area contributed by atoms with Crippen molar-refractivity contribution >= 4 is 11.8 Å². The molecule has 0 radical (unpaired) electrons. The van der Waals surface area contributed by atoms with E-state index in [9.17, 15) is 0 Å². The highest BCUT2D eigenvalue weighted by molar-refractivity contribution is 5.61. The molecule has 28 heavy (non-hydrogen) atoms. The molecule has 0 amide bonds. The fraction of sp³-hybridized carbons (Fsp3) is 0.409. The Morgan fingerprint density at radius 3 is 2.46 bits per heavy atom. The summed E-state index contributed by atoms with van der Waals surface area (Å²) in [4.78, 5) is 8.79. The van der Waals surface area contributed by atoms with Crippen molar-refractivity contribution in [2.24, 2.45) is 7.05 Å². The van der Waals surface area contributed by atoms with Gasteiger partial charge >= 0.3 is 0 Å². The molecule has 0 aliphatic rings. The van der Waals surface area contributed by atoms with Crippen LogP contribution in [0.2, 0.25) is 0 Å². The number of nitrogens with one attached hydrogen (secondary N) is 1. The van der Waals surface area contributed by atoms with Gasteiger partial charge in [0.05, 0.1) is 17.1 Å². The van der Waals surface area contributed by atoms with Crippen molar-refractivity contribution < 1.29 is 0 Å². The number of hydrogen-bond donors (Lipinski definition) is 2. The molecule has 1 aromatic carbocycles. The van der Waals surface area contributed by atoms with Crippen LogP contribution in [0.5, 0.6) is 0 Å². The summed E-state index contributed by atoms with van der Waals surface area (Å²) >= 11 is 0. The van der Waals surface area contributed by atoms with Crippen molar-refractivity contribution in [3.05, 3.63) is 53.7 Å². The summed E-state index contributed by atoms with van der Waals surface area (Å²) in [6.07, 6.45) is 2.02. The first-order chi connectivity index (χ1) is 13.2. The molecule has 6 nitrogen and oxygen atoms in total. The van der Waals surface area contributed by atoms with E-state index in [1.54, 1.807) is 0 Å². The minimum Gasteiger partial charge on any atom is -0.368 e. The summed E-state index contributed by atoms with van der Waals surface area (Å²) in [5.41, 5.74) is 10.0. The van der Waals surface area contributed by atoms with Gasteiger partial charge in [0, 0.05) is 24.6 Å². The molecule has 0 spiro atoms. The number of nitrogens with two attached hydrogens (primary N) is 1. The van der Waals surface area contributed by atoms with Crippen LogP contribution in [-0.4, -0.2) is 25.8 Å². The van der Waals surface area contributed by atoms with Gasteiger partial charge in [0.1, 0.15) is 5.82 Å². The molecule has 2 heterocycles. The van der Waals surface area contributed by atoms with Gasteiger partial charge < -0.3 is 11.1 Å². The summed E-state index contributed by atoms with van der Waals surface area (Å²) in [6.45, 7) is 8.60. The number of aromatic nitrogens is 4. The average molecular weight is 379 g/mol. The number of hydrogen-bond acceptors (Lipinski definition) is 5. The fourth-order valence-corrected chi connectivity index (χ4v) is 3.10. The van der Waals surface area contributed by atoms with Crippen LogP contribution in [0.1, 0.15) is 45.4 Å². The van der Waals surface area contributed by atoms with Gasteiger partial charge in [-0.05, 0) is 31.4 Å². The summed E-state index contributed by atoms with van der Waals surface area (Å²) in [5.74, 6) is 0.996. The van der Waals surface area contributed by atoms with Crippen molar-refractivity contribution in [1.82, 2.24) is 19.7 Å². The molecule has 0 unspecified atom stereocenters. The van der Waals surface area contributed by atoms with Crippen LogP contribution >= 0.6 is 0 Å². The van der Waals surface area contributed by atoms with Gasteiger partial charge in [0.25, 0.3) is 0 Å². The lowest BCUT2D eigenvalue weighted by Crippen LogP contribution is -2.17. The van der Waals surface area contributed by atoms with Gasteiger partial charge in [-0.2, -0.15) is 10.1 Å². The molecule has 2 aromatic heterocycles. The minimum atomic E-state index is -0.0262. The van der Waals surface area contributed by atoms with Crippen LogP contribution in [0.4, 0.5) is 11.8 Å². The molecule has 3 aromatic rings. The van der Waals surface area contributed by atoms with Crippen molar-refractivity contribution in [3.8, 4) is 11.4 Å². The Bertz CT molecular complexity index is 924. The van der Waals surface area contributed by atoms with Crippen LogP contribution in [0.3, 0.4) is 0 Å². The minimum absolute atomic E-state index is 0.0262. The van der Waals surface area contributed by atoms with Gasteiger partial charge in [0.2, 0.25) is 5.95 Å². The molecule has 0 aliphatic carbocycles. The summed E-state index contributed by atoms with van der Waals surface area (Å²) in [6, 6.07) is 14.8. The number of aryl methyl sites for hydroxylation is 2. The van der Waals surface area contributed by atoms with Crippen LogP contribution in [-0.2, 0) is 18.9 Å². The molecular weight excluding hydrogens is 348 g/mol. The monoisotopic (exact) mass is 378 g/mol. The lowest BCUT2D eigenvalue weighted by molar-refractivity contribution is 0.553. The topological polar surface area (TPSA) is 81.7 Å². The normalized spacial score (nSPS) is 12.8. The number of nitrogen functional groups attached to an aromatic ring is 1. The molecule has 0 fully saturated rings. The highest BCUT2D eigenvalue weighted by atomic mass is 15.3. The van der Waals surface area contributed by atoms with Crippen molar-refractivity contribution in [1.29, 1.82) is 0 Å². The van der Waals surface area contributed by atoms with E-state index in [0.29, 0.717) is 0 Å². The first-order valence-corrected chi connectivity index (χ1v) is 9.72. The molecule has 0 saturated heterocycles. The van der Waals surface area contributed by atoms with Crippen LogP contribution in [0.25, 0.3) is 11.4 Å². The van der Waals surface area contributed by atoms with Gasteiger partial charge in [-0.25, -0.2) is 4.98 Å². The van der Waals surface area contributed by atoms with E-state index in [1.165, 1.54) is 5.56 Å². The lowest BCUT2D eigenvalue weighted by atomic mass is 9.92. The quantitative estimate of drug-likeness (QED) is 0.672. The highest BCUT2D eigenvalue weighted by Gasteiger charge is 2.20. The zero-order chi connectivity index (χ0) is 20.3. The Morgan fingerprint density at radius 1 is 1.11 bits per heavy atom. The Morgan fingerprint density at radius 2 is 1.82 bits per heavy atom. The van der Waals surface area contributed by atoms with E-state index in [0.717, 1.165) is 35.7 Å². The third-order valence-electron chi connectivity index (χ3n) is 4.76. The second-order valence-electron chi connectivity index (χ2n) is 8.35. The predicted octanol–water partition coefficient (Wildman–Crippen LogP) is 4.19. The Labute approximate surface area is 167 Å². The van der Waals surface area contributed by atoms with Crippen LogP contribution in [0.15, 0.2) is 42.5 Å². The maximum absolute atomic E-state index is 5.99. The molecule has 0 bridgehead atoms. The third kappa shape index (κ3) is 4.88. The second kappa shape index (κ2) is 8.00. The zero-order valence-corrected chi connectivity index (χ0v) is 17.4. The standard InChI is InChI=1S/C22H30N6/c1-15(11-12-16-9-7-6-8-10-16)24-20-13-17(25-21(23)26-20)18-14-19(22(2,3)4)27-28(18)5/h6-10,13-15H,11-12H2,1-5H3,(H3,23,24,25,26)/t15-/m0/s1.